The van der Waals surface area contributed by atoms with Gasteiger partial charge in [-0.3, -0.25) is 0 Å². The van der Waals surface area contributed by atoms with Gasteiger partial charge in [-0.25, -0.2) is 0 Å². The second-order valence-corrected chi connectivity index (χ2v) is 5.06. The second kappa shape index (κ2) is 4.45. The summed E-state index contributed by atoms with van der Waals surface area (Å²) in [5.41, 5.74) is 6.45. The van der Waals surface area contributed by atoms with E-state index in [4.69, 9.17) is 5.73 Å². The molecule has 13 heavy (non-hydrogen) atoms. The van der Waals surface area contributed by atoms with Gasteiger partial charge in [0.05, 0.1) is 0 Å². The van der Waals surface area contributed by atoms with E-state index in [1.165, 1.54) is 32.1 Å². The Bertz CT molecular complexity index is 145. The highest BCUT2D eigenvalue weighted by atomic mass is 14.6. The van der Waals surface area contributed by atoms with Crippen LogP contribution in [0.4, 0.5) is 0 Å². The Balaban J connectivity index is 2.60. The number of hydrogen-bond donors (Lipinski definition) is 1. The van der Waals surface area contributed by atoms with Gasteiger partial charge in [-0.1, -0.05) is 40.0 Å². The largest absolute Gasteiger partial charge is 0.330 e. The molecule has 1 atom stereocenters. The maximum Gasteiger partial charge on any atom is -0.00180 e. The molecule has 0 aliphatic heterocycles. The lowest BCUT2D eigenvalue weighted by Gasteiger charge is -2.43. The van der Waals surface area contributed by atoms with E-state index in [0.717, 1.165) is 18.4 Å². The summed E-state index contributed by atoms with van der Waals surface area (Å²) in [5, 5.41) is 0. The molecule has 78 valence electrons. The Hall–Kier alpha value is -0.0400. The molecule has 1 aliphatic carbocycles. The normalized spacial score (nSPS) is 37.4. The maximum atomic E-state index is 5.96. The molecule has 1 saturated carbocycles. The minimum absolute atomic E-state index is 0.487. The van der Waals surface area contributed by atoms with Gasteiger partial charge in [-0.05, 0) is 36.6 Å². The van der Waals surface area contributed by atoms with Gasteiger partial charge >= 0.3 is 0 Å². The summed E-state index contributed by atoms with van der Waals surface area (Å²) in [6, 6.07) is 0. The summed E-state index contributed by atoms with van der Waals surface area (Å²) >= 11 is 0. The first-order chi connectivity index (χ1) is 6.14. The second-order valence-electron chi connectivity index (χ2n) is 5.06. The van der Waals surface area contributed by atoms with Crippen LogP contribution in [0.1, 0.15) is 52.9 Å². The predicted octanol–water partition coefficient (Wildman–Crippen LogP) is 3.19. The van der Waals surface area contributed by atoms with Crippen LogP contribution in [-0.4, -0.2) is 6.54 Å². The molecule has 0 bridgehead atoms. The van der Waals surface area contributed by atoms with Crippen molar-refractivity contribution in [1.82, 2.24) is 0 Å². The quantitative estimate of drug-likeness (QED) is 0.714. The fourth-order valence-corrected chi connectivity index (χ4v) is 2.67. The average Bonchev–Trinajstić information content (AvgIpc) is 2.18. The Morgan fingerprint density at radius 2 is 1.92 bits per heavy atom. The van der Waals surface area contributed by atoms with Crippen molar-refractivity contribution in [2.24, 2.45) is 23.0 Å². The molecule has 0 aromatic carbocycles. The zero-order valence-corrected chi connectivity index (χ0v) is 9.47. The maximum absolute atomic E-state index is 5.96. The number of nitrogens with two attached hydrogens (primary N) is 1. The zero-order valence-electron chi connectivity index (χ0n) is 9.47. The molecule has 0 radical (unpaired) electrons. The van der Waals surface area contributed by atoms with E-state index < -0.39 is 0 Å². The third-order valence-electron chi connectivity index (χ3n) is 4.33. The molecule has 0 aromatic rings. The first kappa shape index (κ1) is 11.0. The molecule has 1 fully saturated rings. The van der Waals surface area contributed by atoms with Crippen molar-refractivity contribution in [3.05, 3.63) is 0 Å². The summed E-state index contributed by atoms with van der Waals surface area (Å²) in [4.78, 5) is 0. The van der Waals surface area contributed by atoms with Crippen LogP contribution in [-0.2, 0) is 0 Å². The molecule has 0 saturated heterocycles. The van der Waals surface area contributed by atoms with Gasteiger partial charge in [0.2, 0.25) is 0 Å². The molecule has 1 nitrogen and oxygen atoms in total. The van der Waals surface area contributed by atoms with Crippen molar-refractivity contribution in [3.8, 4) is 0 Å². The van der Waals surface area contributed by atoms with Crippen LogP contribution in [0.25, 0.3) is 0 Å². The van der Waals surface area contributed by atoms with E-state index >= 15 is 0 Å². The smallest absolute Gasteiger partial charge is 0.00180 e. The molecule has 1 rings (SSSR count). The summed E-state index contributed by atoms with van der Waals surface area (Å²) in [5.74, 6) is 1.74. The third kappa shape index (κ3) is 2.25. The fourth-order valence-electron chi connectivity index (χ4n) is 2.67. The van der Waals surface area contributed by atoms with E-state index in [1.54, 1.807) is 0 Å². The van der Waals surface area contributed by atoms with Gasteiger partial charge in [-0.2, -0.15) is 0 Å². The van der Waals surface area contributed by atoms with Gasteiger partial charge in [0, 0.05) is 0 Å². The minimum atomic E-state index is 0.487. The average molecular weight is 183 g/mol. The summed E-state index contributed by atoms with van der Waals surface area (Å²) in [6.45, 7) is 7.94. The van der Waals surface area contributed by atoms with Crippen molar-refractivity contribution in [2.45, 2.75) is 52.9 Å². The van der Waals surface area contributed by atoms with E-state index in [-0.39, 0.29) is 0 Å². The van der Waals surface area contributed by atoms with Gasteiger partial charge in [0.1, 0.15) is 0 Å². The van der Waals surface area contributed by atoms with Crippen LogP contribution in [0.15, 0.2) is 0 Å². The van der Waals surface area contributed by atoms with E-state index in [2.05, 4.69) is 20.8 Å². The Morgan fingerprint density at radius 3 is 2.31 bits per heavy atom. The highest BCUT2D eigenvalue weighted by molar-refractivity contribution is 4.88. The SMILES string of the molecule is CCC(C)C1(CN)CCC(C)CC1. The van der Waals surface area contributed by atoms with Gasteiger partial charge < -0.3 is 5.73 Å². The molecular weight excluding hydrogens is 158 g/mol. The molecule has 0 heterocycles. The molecule has 1 heteroatoms. The number of rotatable bonds is 3. The lowest BCUT2D eigenvalue weighted by atomic mass is 9.64. The monoisotopic (exact) mass is 183 g/mol. The molecule has 0 aromatic heterocycles. The summed E-state index contributed by atoms with van der Waals surface area (Å²) in [6.07, 6.45) is 6.79. The number of hydrogen-bond acceptors (Lipinski definition) is 1. The highest BCUT2D eigenvalue weighted by Gasteiger charge is 2.36. The zero-order chi connectivity index (χ0) is 9.90. The van der Waals surface area contributed by atoms with Crippen molar-refractivity contribution >= 4 is 0 Å². The molecular formula is C12H25N. The lowest BCUT2D eigenvalue weighted by Crippen LogP contribution is -2.39. The van der Waals surface area contributed by atoms with E-state index in [1.807, 2.05) is 0 Å². The summed E-state index contributed by atoms with van der Waals surface area (Å²) in [7, 11) is 0. The van der Waals surface area contributed by atoms with Crippen molar-refractivity contribution in [3.63, 3.8) is 0 Å². The summed E-state index contributed by atoms with van der Waals surface area (Å²) < 4.78 is 0. The van der Waals surface area contributed by atoms with Gasteiger partial charge in [-0.15, -0.1) is 0 Å². The first-order valence-corrected chi connectivity index (χ1v) is 5.84. The van der Waals surface area contributed by atoms with Crippen LogP contribution in [0.2, 0.25) is 0 Å². The van der Waals surface area contributed by atoms with Crippen molar-refractivity contribution < 1.29 is 0 Å². The first-order valence-electron chi connectivity index (χ1n) is 5.84. The van der Waals surface area contributed by atoms with Crippen molar-refractivity contribution in [1.29, 1.82) is 0 Å². The van der Waals surface area contributed by atoms with Crippen LogP contribution in [0.3, 0.4) is 0 Å². The van der Waals surface area contributed by atoms with Crippen molar-refractivity contribution in [2.75, 3.05) is 6.54 Å². The highest BCUT2D eigenvalue weighted by Crippen LogP contribution is 2.44. The Morgan fingerprint density at radius 1 is 1.38 bits per heavy atom. The topological polar surface area (TPSA) is 26.0 Å². The molecule has 2 N–H and O–H groups in total. The predicted molar refractivity (Wildman–Crippen MR) is 58.6 cm³/mol. The van der Waals surface area contributed by atoms with Crippen LogP contribution in [0, 0.1) is 17.3 Å². The molecule has 1 aliphatic rings. The van der Waals surface area contributed by atoms with Gasteiger partial charge in [0.15, 0.2) is 0 Å². The van der Waals surface area contributed by atoms with Crippen LogP contribution < -0.4 is 5.73 Å². The molecule has 0 amide bonds. The fraction of sp³-hybridized carbons (Fsp3) is 1.00. The molecule has 1 unspecified atom stereocenters. The minimum Gasteiger partial charge on any atom is -0.330 e. The van der Waals surface area contributed by atoms with Crippen LogP contribution in [0.5, 0.6) is 0 Å². The Kier molecular flexibility index (Phi) is 3.78. The van der Waals surface area contributed by atoms with E-state index in [0.29, 0.717) is 5.41 Å². The van der Waals surface area contributed by atoms with E-state index in [9.17, 15) is 0 Å². The van der Waals surface area contributed by atoms with Gasteiger partial charge in [0.25, 0.3) is 0 Å². The standard InChI is InChI=1S/C12H25N/c1-4-11(3)12(9-13)7-5-10(2)6-8-12/h10-11H,4-9,13H2,1-3H3. The lowest BCUT2D eigenvalue weighted by molar-refractivity contribution is 0.0922. The Labute approximate surface area is 83.1 Å². The van der Waals surface area contributed by atoms with Crippen LogP contribution >= 0.6 is 0 Å². The third-order valence-corrected chi connectivity index (χ3v) is 4.33. The molecule has 0 spiro atoms.